The number of amides is 1. The number of benzene rings is 1. The van der Waals surface area contributed by atoms with Crippen LogP contribution in [0.3, 0.4) is 0 Å². The van der Waals surface area contributed by atoms with Gasteiger partial charge in [0.2, 0.25) is 0 Å². The van der Waals surface area contributed by atoms with E-state index in [0.717, 1.165) is 16.5 Å². The van der Waals surface area contributed by atoms with Gasteiger partial charge in [-0.05, 0) is 30.2 Å². The van der Waals surface area contributed by atoms with Crippen LogP contribution in [0.5, 0.6) is 0 Å². The molecular formula is C17H17N3O. The highest BCUT2D eigenvalue weighted by atomic mass is 16.1. The number of rotatable bonds is 3. The summed E-state index contributed by atoms with van der Waals surface area (Å²) >= 11 is 0. The number of nitrogens with one attached hydrogen (secondary N) is 1. The molecule has 0 aliphatic heterocycles. The molecule has 106 valence electrons. The fourth-order valence-electron chi connectivity index (χ4n) is 2.61. The highest BCUT2D eigenvalue weighted by Gasteiger charge is 2.14. The van der Waals surface area contributed by atoms with Crippen LogP contribution in [0, 0.1) is 6.92 Å². The lowest BCUT2D eigenvalue weighted by Crippen LogP contribution is -2.24. The molecule has 4 nitrogen and oxygen atoms in total. The highest BCUT2D eigenvalue weighted by Crippen LogP contribution is 2.22. The van der Waals surface area contributed by atoms with Gasteiger partial charge in [0.1, 0.15) is 5.69 Å². The van der Waals surface area contributed by atoms with Crippen molar-refractivity contribution in [3.63, 3.8) is 0 Å². The van der Waals surface area contributed by atoms with Crippen molar-refractivity contribution >= 4 is 16.8 Å². The van der Waals surface area contributed by atoms with Gasteiger partial charge in [0.05, 0.1) is 5.52 Å². The van der Waals surface area contributed by atoms with Gasteiger partial charge in [-0.15, -0.1) is 0 Å². The summed E-state index contributed by atoms with van der Waals surface area (Å²) in [4.78, 5) is 16.4. The van der Waals surface area contributed by atoms with Crippen molar-refractivity contribution in [3.05, 3.63) is 65.6 Å². The van der Waals surface area contributed by atoms with Crippen LogP contribution in [0.1, 0.15) is 21.6 Å². The minimum atomic E-state index is -0.0723. The van der Waals surface area contributed by atoms with Gasteiger partial charge >= 0.3 is 0 Å². The predicted octanol–water partition coefficient (Wildman–Crippen LogP) is 2.81. The van der Waals surface area contributed by atoms with E-state index >= 15 is 0 Å². The molecule has 4 heteroatoms. The number of fused-ring (bicyclic) bond motifs is 1. The molecule has 0 radical (unpaired) electrons. The van der Waals surface area contributed by atoms with Crippen LogP contribution >= 0.6 is 0 Å². The number of carbonyl (C=O) groups excluding carboxylic acids is 1. The van der Waals surface area contributed by atoms with Crippen LogP contribution in [0.15, 0.2) is 48.8 Å². The number of pyridine rings is 1. The minimum Gasteiger partial charge on any atom is -0.347 e. The molecule has 2 aromatic heterocycles. The average Bonchev–Trinajstić information content (AvgIpc) is 2.84. The molecule has 0 saturated carbocycles. The van der Waals surface area contributed by atoms with E-state index in [1.54, 1.807) is 12.4 Å². The summed E-state index contributed by atoms with van der Waals surface area (Å²) in [7, 11) is 1.92. The lowest BCUT2D eigenvalue weighted by atomic mass is 10.2. The molecule has 0 fully saturated rings. The Balaban J connectivity index is 1.85. The van der Waals surface area contributed by atoms with Gasteiger partial charge in [-0.3, -0.25) is 9.78 Å². The first kappa shape index (κ1) is 13.4. The molecule has 3 rings (SSSR count). The van der Waals surface area contributed by atoms with Gasteiger partial charge in [0.25, 0.3) is 5.91 Å². The number of aromatic nitrogens is 2. The van der Waals surface area contributed by atoms with Crippen LogP contribution in [-0.2, 0) is 13.6 Å². The van der Waals surface area contributed by atoms with E-state index in [4.69, 9.17) is 0 Å². The van der Waals surface area contributed by atoms with Crippen molar-refractivity contribution in [1.29, 1.82) is 0 Å². The number of nitrogens with zero attached hydrogens (tertiary/aromatic N) is 2. The highest BCUT2D eigenvalue weighted by molar-refractivity contribution is 5.99. The quantitative estimate of drug-likeness (QED) is 0.801. The van der Waals surface area contributed by atoms with E-state index in [9.17, 15) is 4.79 Å². The second kappa shape index (κ2) is 5.40. The molecule has 0 spiro atoms. The second-order valence-electron chi connectivity index (χ2n) is 5.15. The Labute approximate surface area is 123 Å². The molecule has 3 aromatic rings. The van der Waals surface area contributed by atoms with Crippen LogP contribution in [-0.4, -0.2) is 15.5 Å². The summed E-state index contributed by atoms with van der Waals surface area (Å²) in [6, 6.07) is 11.8. The zero-order chi connectivity index (χ0) is 14.8. The molecule has 1 N–H and O–H groups in total. The maximum atomic E-state index is 12.4. The van der Waals surface area contributed by atoms with E-state index in [1.165, 1.54) is 5.56 Å². The number of para-hydroxylation sites is 1. The third-order valence-corrected chi connectivity index (χ3v) is 3.67. The second-order valence-corrected chi connectivity index (χ2v) is 5.15. The monoisotopic (exact) mass is 279 g/mol. The summed E-state index contributed by atoms with van der Waals surface area (Å²) < 4.78 is 1.95. The summed E-state index contributed by atoms with van der Waals surface area (Å²) in [6.07, 6.45) is 3.48. The van der Waals surface area contributed by atoms with E-state index in [1.807, 2.05) is 41.9 Å². The van der Waals surface area contributed by atoms with Crippen LogP contribution in [0.4, 0.5) is 0 Å². The smallest absolute Gasteiger partial charge is 0.268 e. The summed E-state index contributed by atoms with van der Waals surface area (Å²) in [6.45, 7) is 2.53. The van der Waals surface area contributed by atoms with Crippen molar-refractivity contribution in [2.75, 3.05) is 0 Å². The normalized spacial score (nSPS) is 10.8. The largest absolute Gasteiger partial charge is 0.347 e. The third-order valence-electron chi connectivity index (χ3n) is 3.67. The Bertz CT molecular complexity index is 790. The molecule has 1 aromatic carbocycles. The SMILES string of the molecule is Cc1cccc2cc(C(=O)NCc3cccnc3)n(C)c12. The zero-order valence-electron chi connectivity index (χ0n) is 12.1. The van der Waals surface area contributed by atoms with Crippen molar-refractivity contribution in [3.8, 4) is 0 Å². The van der Waals surface area contributed by atoms with Crippen molar-refractivity contribution in [2.45, 2.75) is 13.5 Å². The summed E-state index contributed by atoms with van der Waals surface area (Å²) in [5.41, 5.74) is 3.93. The van der Waals surface area contributed by atoms with Crippen molar-refractivity contribution < 1.29 is 4.79 Å². The topological polar surface area (TPSA) is 46.9 Å². The van der Waals surface area contributed by atoms with E-state index < -0.39 is 0 Å². The number of hydrogen-bond donors (Lipinski definition) is 1. The number of aryl methyl sites for hydroxylation is 2. The van der Waals surface area contributed by atoms with E-state index in [-0.39, 0.29) is 5.91 Å². The van der Waals surface area contributed by atoms with E-state index in [0.29, 0.717) is 12.2 Å². The Morgan fingerprint density at radius 2 is 2.14 bits per heavy atom. The first-order valence-corrected chi connectivity index (χ1v) is 6.89. The predicted molar refractivity (Wildman–Crippen MR) is 83.1 cm³/mol. The summed E-state index contributed by atoms with van der Waals surface area (Å²) in [5.74, 6) is -0.0723. The number of carbonyl (C=O) groups is 1. The molecule has 0 aliphatic rings. The Hall–Kier alpha value is -2.62. The van der Waals surface area contributed by atoms with Gasteiger partial charge in [0, 0.05) is 31.4 Å². The first-order chi connectivity index (χ1) is 10.2. The maximum absolute atomic E-state index is 12.4. The maximum Gasteiger partial charge on any atom is 0.268 e. The lowest BCUT2D eigenvalue weighted by molar-refractivity contribution is 0.0943. The van der Waals surface area contributed by atoms with Gasteiger partial charge in [-0.2, -0.15) is 0 Å². The molecule has 0 saturated heterocycles. The first-order valence-electron chi connectivity index (χ1n) is 6.89. The average molecular weight is 279 g/mol. The minimum absolute atomic E-state index is 0.0723. The molecule has 2 heterocycles. The fraction of sp³-hybridized carbons (Fsp3) is 0.176. The molecule has 0 aliphatic carbocycles. The molecule has 0 bridgehead atoms. The standard InChI is InChI=1S/C17H17N3O/c1-12-5-3-7-14-9-15(20(2)16(12)14)17(21)19-11-13-6-4-8-18-10-13/h3-10H,11H2,1-2H3,(H,19,21). The molecule has 0 atom stereocenters. The van der Waals surface area contributed by atoms with Gasteiger partial charge in [-0.1, -0.05) is 24.3 Å². The molecule has 21 heavy (non-hydrogen) atoms. The summed E-state index contributed by atoms with van der Waals surface area (Å²) in [5, 5.41) is 4.02. The Morgan fingerprint density at radius 3 is 2.86 bits per heavy atom. The molecule has 0 unspecified atom stereocenters. The zero-order valence-corrected chi connectivity index (χ0v) is 12.1. The van der Waals surface area contributed by atoms with Crippen LogP contribution in [0.25, 0.3) is 10.9 Å². The van der Waals surface area contributed by atoms with Gasteiger partial charge < -0.3 is 9.88 Å². The molecule has 1 amide bonds. The van der Waals surface area contributed by atoms with E-state index in [2.05, 4.69) is 23.3 Å². The van der Waals surface area contributed by atoms with Gasteiger partial charge in [0.15, 0.2) is 0 Å². The Kier molecular flexibility index (Phi) is 3.44. The molecular weight excluding hydrogens is 262 g/mol. The third kappa shape index (κ3) is 2.52. The van der Waals surface area contributed by atoms with Crippen molar-refractivity contribution in [1.82, 2.24) is 14.9 Å². The van der Waals surface area contributed by atoms with Crippen LogP contribution in [0.2, 0.25) is 0 Å². The van der Waals surface area contributed by atoms with Crippen molar-refractivity contribution in [2.24, 2.45) is 7.05 Å². The van der Waals surface area contributed by atoms with Crippen LogP contribution < -0.4 is 5.32 Å². The Morgan fingerprint density at radius 1 is 1.29 bits per heavy atom. The van der Waals surface area contributed by atoms with Gasteiger partial charge in [-0.25, -0.2) is 0 Å². The number of hydrogen-bond acceptors (Lipinski definition) is 2. The fourth-order valence-corrected chi connectivity index (χ4v) is 2.61. The lowest BCUT2D eigenvalue weighted by Gasteiger charge is -2.07.